The van der Waals surface area contributed by atoms with E-state index in [1.807, 2.05) is 0 Å². The Bertz CT molecular complexity index is 659. The predicted octanol–water partition coefficient (Wildman–Crippen LogP) is 3.75. The van der Waals surface area contributed by atoms with Crippen LogP contribution in [0.1, 0.15) is 43.2 Å². The lowest BCUT2D eigenvalue weighted by atomic mass is 9.90. The second-order valence-corrected chi connectivity index (χ2v) is 7.33. The Morgan fingerprint density at radius 3 is 2.56 bits per heavy atom. The number of alkyl halides is 3. The smallest absolute Gasteiger partial charge is 0.349 e. The number of nitrogens with zero attached hydrogens (tertiary/aromatic N) is 2. The lowest BCUT2D eigenvalue weighted by Crippen LogP contribution is -2.40. The SMILES string of the molecule is CN(C)C(=O)CCC(=O)N1CCC[C@H](CCc2ccccc2C(F)(F)F)C1. The maximum Gasteiger partial charge on any atom is 0.416 e. The molecule has 0 radical (unpaired) electrons. The van der Waals surface area contributed by atoms with Crippen LogP contribution in [0.4, 0.5) is 13.2 Å². The van der Waals surface area contributed by atoms with Gasteiger partial charge >= 0.3 is 6.18 Å². The molecule has 0 bridgehead atoms. The molecule has 0 saturated carbocycles. The standard InChI is InChI=1S/C20H27F3N2O2/c1-24(2)18(26)11-12-19(27)25-13-5-6-15(14-25)9-10-16-7-3-4-8-17(16)20(21,22)23/h3-4,7-8,15H,5-6,9-14H2,1-2H3/t15-/m1/s1. The van der Waals surface area contributed by atoms with Crippen LogP contribution in [-0.4, -0.2) is 48.8 Å². The summed E-state index contributed by atoms with van der Waals surface area (Å²) in [6.07, 6.45) is -1.25. The molecule has 4 nitrogen and oxygen atoms in total. The number of likely N-dealkylation sites (tertiary alicyclic amines) is 1. The Morgan fingerprint density at radius 2 is 1.89 bits per heavy atom. The van der Waals surface area contributed by atoms with Crippen molar-refractivity contribution in [3.05, 3.63) is 35.4 Å². The van der Waals surface area contributed by atoms with E-state index in [0.29, 0.717) is 31.5 Å². The largest absolute Gasteiger partial charge is 0.416 e. The van der Waals surface area contributed by atoms with Crippen LogP contribution in [0.5, 0.6) is 0 Å². The first-order chi connectivity index (χ1) is 12.7. The second-order valence-electron chi connectivity index (χ2n) is 7.33. The lowest BCUT2D eigenvalue weighted by molar-refractivity contribution is -0.138. The molecule has 1 aliphatic heterocycles. The molecule has 1 saturated heterocycles. The van der Waals surface area contributed by atoms with Crippen LogP contribution in [0.25, 0.3) is 0 Å². The Kier molecular flexibility index (Phi) is 7.27. The van der Waals surface area contributed by atoms with Gasteiger partial charge in [0.2, 0.25) is 11.8 Å². The van der Waals surface area contributed by atoms with Crippen LogP contribution < -0.4 is 0 Å². The monoisotopic (exact) mass is 384 g/mol. The zero-order chi connectivity index (χ0) is 20.0. The first kappa shape index (κ1) is 21.3. The van der Waals surface area contributed by atoms with E-state index in [1.165, 1.54) is 17.0 Å². The van der Waals surface area contributed by atoms with E-state index in [9.17, 15) is 22.8 Å². The highest BCUT2D eigenvalue weighted by atomic mass is 19.4. The lowest BCUT2D eigenvalue weighted by Gasteiger charge is -2.33. The number of carbonyl (C=O) groups is 2. The van der Waals surface area contributed by atoms with Gasteiger partial charge in [0.25, 0.3) is 0 Å². The fourth-order valence-corrected chi connectivity index (χ4v) is 3.50. The van der Waals surface area contributed by atoms with Crippen molar-refractivity contribution >= 4 is 11.8 Å². The third kappa shape index (κ3) is 6.26. The summed E-state index contributed by atoms with van der Waals surface area (Å²) in [5.41, 5.74) is -0.263. The molecular weight excluding hydrogens is 357 g/mol. The normalized spacial score (nSPS) is 17.7. The first-order valence-electron chi connectivity index (χ1n) is 9.31. The summed E-state index contributed by atoms with van der Waals surface area (Å²) in [5, 5.41) is 0. The molecule has 150 valence electrons. The van der Waals surface area contributed by atoms with Gasteiger partial charge in [-0.3, -0.25) is 9.59 Å². The van der Waals surface area contributed by atoms with Gasteiger partial charge in [-0.05, 0) is 43.2 Å². The van der Waals surface area contributed by atoms with Crippen LogP contribution in [0, 0.1) is 5.92 Å². The average molecular weight is 384 g/mol. The van der Waals surface area contributed by atoms with Crippen molar-refractivity contribution in [3.63, 3.8) is 0 Å². The summed E-state index contributed by atoms with van der Waals surface area (Å²) >= 11 is 0. The van der Waals surface area contributed by atoms with E-state index in [0.717, 1.165) is 18.9 Å². The van der Waals surface area contributed by atoms with Crippen molar-refractivity contribution < 1.29 is 22.8 Å². The molecule has 1 aromatic rings. The number of hydrogen-bond acceptors (Lipinski definition) is 2. The highest BCUT2D eigenvalue weighted by molar-refractivity contribution is 5.83. The molecule has 0 aromatic heterocycles. The summed E-state index contributed by atoms with van der Waals surface area (Å²) in [6.45, 7) is 1.22. The molecule has 2 amide bonds. The van der Waals surface area contributed by atoms with Crippen molar-refractivity contribution in [1.29, 1.82) is 0 Å². The maximum absolute atomic E-state index is 13.1. The van der Waals surface area contributed by atoms with E-state index >= 15 is 0 Å². The van der Waals surface area contributed by atoms with Crippen LogP contribution in [0.2, 0.25) is 0 Å². The molecule has 7 heteroatoms. The van der Waals surface area contributed by atoms with E-state index in [1.54, 1.807) is 25.1 Å². The van der Waals surface area contributed by atoms with Gasteiger partial charge in [0.05, 0.1) is 5.56 Å². The number of hydrogen-bond donors (Lipinski definition) is 0. The van der Waals surface area contributed by atoms with E-state index in [4.69, 9.17) is 0 Å². The molecule has 1 heterocycles. The highest BCUT2D eigenvalue weighted by Crippen LogP contribution is 2.33. The van der Waals surface area contributed by atoms with E-state index in [-0.39, 0.29) is 30.6 Å². The van der Waals surface area contributed by atoms with Crippen LogP contribution in [0.15, 0.2) is 24.3 Å². The third-order valence-corrected chi connectivity index (χ3v) is 5.07. The van der Waals surface area contributed by atoms with Gasteiger partial charge in [0.15, 0.2) is 0 Å². The Morgan fingerprint density at radius 1 is 1.19 bits per heavy atom. The maximum atomic E-state index is 13.1. The second kappa shape index (κ2) is 9.24. The molecule has 2 rings (SSSR count). The minimum absolute atomic E-state index is 0.0504. The van der Waals surface area contributed by atoms with Gasteiger partial charge in [0.1, 0.15) is 0 Å². The molecule has 0 spiro atoms. The average Bonchev–Trinajstić information content (AvgIpc) is 2.63. The van der Waals surface area contributed by atoms with Crippen molar-refractivity contribution in [2.45, 2.75) is 44.7 Å². The molecule has 1 atom stereocenters. The molecule has 0 aliphatic carbocycles. The van der Waals surface area contributed by atoms with Crippen molar-refractivity contribution in [2.75, 3.05) is 27.2 Å². The summed E-state index contributed by atoms with van der Waals surface area (Å²) in [4.78, 5) is 27.2. The molecule has 0 unspecified atom stereocenters. The molecule has 1 aromatic carbocycles. The summed E-state index contributed by atoms with van der Waals surface area (Å²) in [6, 6.07) is 5.68. The molecule has 27 heavy (non-hydrogen) atoms. The summed E-state index contributed by atoms with van der Waals surface area (Å²) in [5.74, 6) is 0.0554. The number of rotatable bonds is 6. The fraction of sp³-hybridized carbons (Fsp3) is 0.600. The minimum atomic E-state index is -4.34. The fourth-order valence-electron chi connectivity index (χ4n) is 3.50. The van der Waals surface area contributed by atoms with Gasteiger partial charge in [-0.1, -0.05) is 18.2 Å². The Balaban J connectivity index is 1.88. The molecular formula is C20H27F3N2O2. The summed E-state index contributed by atoms with van der Waals surface area (Å²) < 4.78 is 39.3. The zero-order valence-corrected chi connectivity index (χ0v) is 15.9. The number of carbonyl (C=O) groups excluding carboxylic acids is 2. The van der Waals surface area contributed by atoms with Gasteiger partial charge in [-0.2, -0.15) is 13.2 Å². The van der Waals surface area contributed by atoms with Crippen LogP contribution >= 0.6 is 0 Å². The van der Waals surface area contributed by atoms with Crippen molar-refractivity contribution in [2.24, 2.45) is 5.92 Å². The highest BCUT2D eigenvalue weighted by Gasteiger charge is 2.33. The quantitative estimate of drug-likeness (QED) is 0.750. The number of halogens is 3. The van der Waals surface area contributed by atoms with E-state index < -0.39 is 11.7 Å². The van der Waals surface area contributed by atoms with E-state index in [2.05, 4.69) is 0 Å². The number of piperidine rings is 1. The first-order valence-corrected chi connectivity index (χ1v) is 9.31. The van der Waals surface area contributed by atoms with Crippen molar-refractivity contribution in [3.8, 4) is 0 Å². The predicted molar refractivity (Wildman–Crippen MR) is 97.0 cm³/mol. The number of aryl methyl sites for hydroxylation is 1. The van der Waals surface area contributed by atoms with Crippen LogP contribution in [0.3, 0.4) is 0 Å². The third-order valence-electron chi connectivity index (χ3n) is 5.07. The van der Waals surface area contributed by atoms with Gasteiger partial charge < -0.3 is 9.80 Å². The van der Waals surface area contributed by atoms with Crippen molar-refractivity contribution in [1.82, 2.24) is 9.80 Å². The number of amides is 2. The van der Waals surface area contributed by atoms with Gasteiger partial charge in [-0.25, -0.2) is 0 Å². The Hall–Kier alpha value is -2.05. The molecule has 0 N–H and O–H groups in total. The Labute approximate surface area is 158 Å². The van der Waals surface area contributed by atoms with Gasteiger partial charge in [0, 0.05) is 40.0 Å². The molecule has 1 fully saturated rings. The van der Waals surface area contributed by atoms with Gasteiger partial charge in [-0.15, -0.1) is 0 Å². The number of benzene rings is 1. The van der Waals surface area contributed by atoms with Crippen LogP contribution in [-0.2, 0) is 22.2 Å². The minimum Gasteiger partial charge on any atom is -0.349 e. The zero-order valence-electron chi connectivity index (χ0n) is 15.9. The topological polar surface area (TPSA) is 40.6 Å². The molecule has 1 aliphatic rings. The summed E-state index contributed by atoms with van der Waals surface area (Å²) in [7, 11) is 3.31.